The van der Waals surface area contributed by atoms with E-state index in [1.165, 1.54) is 11.1 Å². The molecule has 2 unspecified atom stereocenters. The molecule has 0 radical (unpaired) electrons. The molecule has 6 nitrogen and oxygen atoms in total. The lowest BCUT2D eigenvalue weighted by atomic mass is 9.98. The first-order chi connectivity index (χ1) is 14.7. The summed E-state index contributed by atoms with van der Waals surface area (Å²) in [5.74, 6) is 1.98. The number of carbonyl (C=O) groups is 1. The highest BCUT2D eigenvalue weighted by Crippen LogP contribution is 2.39. The minimum atomic E-state index is -0.0112. The smallest absolute Gasteiger partial charge is 0.203 e. The van der Waals surface area contributed by atoms with Gasteiger partial charge in [0.2, 0.25) is 5.75 Å². The molecule has 2 aromatic rings. The Morgan fingerprint density at radius 1 is 0.967 bits per heavy atom. The number of benzene rings is 2. The van der Waals surface area contributed by atoms with Crippen molar-refractivity contribution in [2.45, 2.75) is 24.9 Å². The van der Waals surface area contributed by atoms with Gasteiger partial charge in [-0.1, -0.05) is 24.3 Å². The van der Waals surface area contributed by atoms with Gasteiger partial charge in [-0.3, -0.25) is 9.80 Å². The molecule has 0 N–H and O–H groups in total. The van der Waals surface area contributed by atoms with Crippen LogP contribution < -0.4 is 14.2 Å². The Kier molecular flexibility index (Phi) is 6.25. The minimum Gasteiger partial charge on any atom is -0.493 e. The van der Waals surface area contributed by atoms with Gasteiger partial charge in [-0.15, -0.1) is 0 Å². The number of hydrogen-bond donors (Lipinski definition) is 0. The van der Waals surface area contributed by atoms with Gasteiger partial charge in [0.25, 0.3) is 0 Å². The first kappa shape index (κ1) is 20.7. The molecule has 4 rings (SSSR count). The molecule has 30 heavy (non-hydrogen) atoms. The standard InChI is InChI=1S/C24H30N2O4/c1-28-22-12-17(13-23(29-2)24(22)30-3)15-25-8-10-26(11-9-25)21-14-18-6-4-5-7-19(18)20(21)16-27/h4-7,12-13,16,20-21H,8-11,14-15H2,1-3H3. The molecule has 0 spiro atoms. The maximum absolute atomic E-state index is 11.8. The molecule has 1 aliphatic heterocycles. The van der Waals surface area contributed by atoms with E-state index in [1.54, 1.807) is 21.3 Å². The molecule has 6 heteroatoms. The van der Waals surface area contributed by atoms with E-state index in [0.29, 0.717) is 17.2 Å². The number of fused-ring (bicyclic) bond motifs is 1. The van der Waals surface area contributed by atoms with Crippen molar-refractivity contribution in [1.82, 2.24) is 9.80 Å². The van der Waals surface area contributed by atoms with Crippen molar-refractivity contribution in [2.75, 3.05) is 47.5 Å². The minimum absolute atomic E-state index is 0.0112. The molecule has 1 aliphatic carbocycles. The predicted octanol–water partition coefficient (Wildman–Crippen LogP) is 2.74. The maximum Gasteiger partial charge on any atom is 0.203 e. The summed E-state index contributed by atoms with van der Waals surface area (Å²) in [4.78, 5) is 16.8. The Labute approximate surface area is 178 Å². The Morgan fingerprint density at radius 3 is 2.23 bits per heavy atom. The number of nitrogens with zero attached hydrogens (tertiary/aromatic N) is 2. The van der Waals surface area contributed by atoms with E-state index in [0.717, 1.165) is 51.0 Å². The number of methoxy groups -OCH3 is 3. The second-order valence-corrected chi connectivity index (χ2v) is 7.98. The zero-order valence-electron chi connectivity index (χ0n) is 18.0. The van der Waals surface area contributed by atoms with Crippen LogP contribution in [0.4, 0.5) is 0 Å². The third-order valence-corrected chi connectivity index (χ3v) is 6.41. The first-order valence-electron chi connectivity index (χ1n) is 10.5. The molecule has 1 fully saturated rings. The number of hydrogen-bond acceptors (Lipinski definition) is 6. The molecule has 0 amide bonds. The molecule has 0 aromatic heterocycles. The van der Waals surface area contributed by atoms with Gasteiger partial charge in [-0.25, -0.2) is 0 Å². The Hall–Kier alpha value is -2.57. The third kappa shape index (κ3) is 3.89. The molecule has 0 saturated carbocycles. The summed E-state index contributed by atoms with van der Waals surface area (Å²) in [6.45, 7) is 4.69. The fourth-order valence-electron chi connectivity index (χ4n) is 4.86. The highest BCUT2D eigenvalue weighted by Gasteiger charge is 2.37. The SMILES string of the molecule is COc1cc(CN2CCN(C3Cc4ccccc4C3C=O)CC2)cc(OC)c1OC. The van der Waals surface area contributed by atoms with Crippen LogP contribution in [-0.2, 0) is 17.8 Å². The topological polar surface area (TPSA) is 51.2 Å². The molecule has 2 aromatic carbocycles. The van der Waals surface area contributed by atoms with Crippen molar-refractivity contribution in [3.63, 3.8) is 0 Å². The van der Waals surface area contributed by atoms with Crippen LogP contribution in [0.1, 0.15) is 22.6 Å². The van der Waals surface area contributed by atoms with Crippen molar-refractivity contribution in [1.29, 1.82) is 0 Å². The van der Waals surface area contributed by atoms with Crippen molar-refractivity contribution >= 4 is 6.29 Å². The number of ether oxygens (including phenoxy) is 3. The highest BCUT2D eigenvalue weighted by molar-refractivity contribution is 5.67. The Balaban J connectivity index is 1.40. The summed E-state index contributed by atoms with van der Waals surface area (Å²) < 4.78 is 16.4. The highest BCUT2D eigenvalue weighted by atomic mass is 16.5. The van der Waals surface area contributed by atoms with E-state index in [2.05, 4.69) is 28.0 Å². The summed E-state index contributed by atoms with van der Waals surface area (Å²) in [7, 11) is 4.90. The van der Waals surface area contributed by atoms with Crippen LogP contribution in [-0.4, -0.2) is 69.6 Å². The molecule has 0 bridgehead atoms. The van der Waals surface area contributed by atoms with E-state index < -0.39 is 0 Å². The first-order valence-corrected chi connectivity index (χ1v) is 10.5. The molecule has 2 atom stereocenters. The summed E-state index contributed by atoms with van der Waals surface area (Å²) in [5, 5.41) is 0. The van der Waals surface area contributed by atoms with Gasteiger partial charge >= 0.3 is 0 Å². The summed E-state index contributed by atoms with van der Waals surface area (Å²) in [6, 6.07) is 12.7. The van der Waals surface area contributed by atoms with Crippen molar-refractivity contribution in [3.8, 4) is 17.2 Å². The van der Waals surface area contributed by atoms with E-state index in [-0.39, 0.29) is 12.0 Å². The van der Waals surface area contributed by atoms with Crippen LogP contribution in [0.5, 0.6) is 17.2 Å². The number of piperazine rings is 1. The summed E-state index contributed by atoms with van der Waals surface area (Å²) in [5.41, 5.74) is 3.66. The number of carbonyl (C=O) groups excluding carboxylic acids is 1. The predicted molar refractivity (Wildman–Crippen MR) is 116 cm³/mol. The van der Waals surface area contributed by atoms with Crippen LogP contribution >= 0.6 is 0 Å². The fraction of sp³-hybridized carbons (Fsp3) is 0.458. The lowest BCUT2D eigenvalue weighted by Gasteiger charge is -2.39. The molecule has 1 saturated heterocycles. The van der Waals surface area contributed by atoms with Crippen LogP contribution in [0.3, 0.4) is 0 Å². The molecular formula is C24H30N2O4. The zero-order valence-corrected chi connectivity index (χ0v) is 18.0. The average Bonchev–Trinajstić information content (AvgIpc) is 3.17. The number of rotatable bonds is 7. The van der Waals surface area contributed by atoms with Crippen molar-refractivity contribution in [3.05, 3.63) is 53.1 Å². The fourth-order valence-corrected chi connectivity index (χ4v) is 4.86. The molecular weight excluding hydrogens is 380 g/mol. The largest absolute Gasteiger partial charge is 0.493 e. The second kappa shape index (κ2) is 9.06. The number of aldehydes is 1. The van der Waals surface area contributed by atoms with Crippen LogP contribution in [0.15, 0.2) is 36.4 Å². The Bertz CT molecular complexity index is 868. The normalized spacial score (nSPS) is 21.8. The third-order valence-electron chi connectivity index (χ3n) is 6.41. The zero-order chi connectivity index (χ0) is 21.1. The van der Waals surface area contributed by atoms with Crippen LogP contribution in [0.25, 0.3) is 0 Å². The quantitative estimate of drug-likeness (QED) is 0.655. The van der Waals surface area contributed by atoms with Gasteiger partial charge in [-0.2, -0.15) is 0 Å². The van der Waals surface area contributed by atoms with E-state index in [9.17, 15) is 4.79 Å². The molecule has 160 valence electrons. The van der Waals surface area contributed by atoms with Gasteiger partial charge in [0, 0.05) is 38.8 Å². The van der Waals surface area contributed by atoms with E-state index >= 15 is 0 Å². The van der Waals surface area contributed by atoms with E-state index in [1.807, 2.05) is 18.2 Å². The lowest BCUT2D eigenvalue weighted by Crippen LogP contribution is -2.51. The average molecular weight is 411 g/mol. The van der Waals surface area contributed by atoms with E-state index in [4.69, 9.17) is 14.2 Å². The molecule has 2 aliphatic rings. The van der Waals surface area contributed by atoms with Gasteiger partial charge in [0.1, 0.15) is 6.29 Å². The van der Waals surface area contributed by atoms with Crippen LogP contribution in [0, 0.1) is 0 Å². The van der Waals surface area contributed by atoms with Crippen molar-refractivity contribution < 1.29 is 19.0 Å². The maximum atomic E-state index is 11.8. The lowest BCUT2D eigenvalue weighted by molar-refractivity contribution is -0.110. The van der Waals surface area contributed by atoms with Gasteiger partial charge in [-0.05, 0) is 35.2 Å². The second-order valence-electron chi connectivity index (χ2n) is 7.98. The summed E-state index contributed by atoms with van der Waals surface area (Å²) in [6.07, 6.45) is 2.10. The van der Waals surface area contributed by atoms with Crippen LogP contribution in [0.2, 0.25) is 0 Å². The van der Waals surface area contributed by atoms with Gasteiger partial charge < -0.3 is 19.0 Å². The van der Waals surface area contributed by atoms with Gasteiger partial charge in [0.05, 0.1) is 27.2 Å². The van der Waals surface area contributed by atoms with Gasteiger partial charge in [0.15, 0.2) is 11.5 Å². The molecule has 1 heterocycles. The van der Waals surface area contributed by atoms with Crippen molar-refractivity contribution in [2.24, 2.45) is 0 Å². The monoisotopic (exact) mass is 410 g/mol. The summed E-state index contributed by atoms with van der Waals surface area (Å²) >= 11 is 0. The Morgan fingerprint density at radius 2 is 1.63 bits per heavy atom.